The van der Waals surface area contributed by atoms with Gasteiger partial charge in [-0.15, -0.1) is 11.3 Å². The maximum absolute atomic E-state index is 12.1. The minimum atomic E-state index is -0.229. The van der Waals surface area contributed by atoms with Crippen molar-refractivity contribution in [1.82, 2.24) is 4.90 Å². The smallest absolute Gasteiger partial charge is 0.409 e. The second kappa shape index (κ2) is 9.04. The van der Waals surface area contributed by atoms with Gasteiger partial charge in [0, 0.05) is 36.0 Å². The summed E-state index contributed by atoms with van der Waals surface area (Å²) in [5.74, 6) is -0.205. The van der Waals surface area contributed by atoms with Gasteiger partial charge in [-0.3, -0.25) is 4.79 Å². The third kappa shape index (κ3) is 4.15. The van der Waals surface area contributed by atoms with Gasteiger partial charge in [-0.05, 0) is 49.3 Å². The molecule has 30 heavy (non-hydrogen) atoms. The van der Waals surface area contributed by atoms with Crippen molar-refractivity contribution in [3.8, 4) is 5.06 Å². The molecule has 0 N–H and O–H groups in total. The van der Waals surface area contributed by atoms with Crippen molar-refractivity contribution in [2.45, 2.75) is 46.0 Å². The Labute approximate surface area is 181 Å². The van der Waals surface area contributed by atoms with Crippen LogP contribution in [0.4, 0.5) is 4.79 Å². The molecule has 0 radical (unpaired) electrons. The summed E-state index contributed by atoms with van der Waals surface area (Å²) >= 11 is 1.58. The Kier molecular flexibility index (Phi) is 6.23. The number of benzene rings is 1. The van der Waals surface area contributed by atoms with Gasteiger partial charge in [0.25, 0.3) is 0 Å². The first kappa shape index (κ1) is 20.7. The Morgan fingerprint density at radius 1 is 1.03 bits per heavy atom. The van der Waals surface area contributed by atoms with Gasteiger partial charge in [0.05, 0.1) is 6.61 Å². The molecule has 2 aromatic rings. The summed E-state index contributed by atoms with van der Waals surface area (Å²) in [6.07, 6.45) is 3.68. The summed E-state index contributed by atoms with van der Waals surface area (Å²) in [7, 11) is 0. The highest BCUT2D eigenvalue weighted by atomic mass is 32.1. The molecule has 0 spiro atoms. The monoisotopic (exact) mass is 425 g/mol. The van der Waals surface area contributed by atoms with Crippen molar-refractivity contribution in [1.29, 1.82) is 0 Å². The van der Waals surface area contributed by atoms with Crippen molar-refractivity contribution >= 4 is 29.0 Å². The minimum Gasteiger partial charge on any atom is -0.450 e. The Bertz CT molecular complexity index is 981. The number of likely N-dealkylation sites (tertiary alicyclic amines) is 1. The molecule has 0 bridgehead atoms. The zero-order chi connectivity index (χ0) is 21.1. The fourth-order valence-corrected chi connectivity index (χ4v) is 5.25. The molecule has 1 amide bonds. The molecule has 5 nitrogen and oxygen atoms in total. The number of carbonyl (C=O) groups is 2. The molecule has 2 aliphatic rings. The van der Waals surface area contributed by atoms with Gasteiger partial charge in [-0.1, -0.05) is 36.8 Å². The van der Waals surface area contributed by atoms with Crippen molar-refractivity contribution in [3.05, 3.63) is 57.5 Å². The number of thiophene rings is 1. The third-order valence-corrected chi connectivity index (χ3v) is 6.79. The van der Waals surface area contributed by atoms with E-state index in [0.717, 1.165) is 25.7 Å². The van der Waals surface area contributed by atoms with Crippen LogP contribution in [0.1, 0.15) is 54.7 Å². The van der Waals surface area contributed by atoms with E-state index in [1.54, 1.807) is 16.2 Å². The molecule has 1 aliphatic heterocycles. The van der Waals surface area contributed by atoms with E-state index in [2.05, 4.69) is 24.3 Å². The molecular weight excluding hydrogens is 398 g/mol. The fourth-order valence-electron chi connectivity index (χ4n) is 4.22. The van der Waals surface area contributed by atoms with Crippen LogP contribution < -0.4 is 4.74 Å². The van der Waals surface area contributed by atoms with Crippen molar-refractivity contribution in [2.24, 2.45) is 0 Å². The van der Waals surface area contributed by atoms with Crippen LogP contribution in [-0.4, -0.2) is 36.7 Å². The average Bonchev–Trinajstić information content (AvgIpc) is 3.08. The van der Waals surface area contributed by atoms with E-state index in [1.807, 2.05) is 19.9 Å². The maximum atomic E-state index is 12.1. The molecule has 0 atom stereocenters. The lowest BCUT2D eigenvalue weighted by atomic mass is 9.88. The van der Waals surface area contributed by atoms with Gasteiger partial charge in [0.15, 0.2) is 5.06 Å². The van der Waals surface area contributed by atoms with E-state index < -0.39 is 0 Å². The van der Waals surface area contributed by atoms with Crippen molar-refractivity contribution < 1.29 is 19.1 Å². The molecule has 2 heterocycles. The highest BCUT2D eigenvalue weighted by molar-refractivity contribution is 7.14. The first-order valence-corrected chi connectivity index (χ1v) is 11.5. The predicted octanol–water partition coefficient (Wildman–Crippen LogP) is 5.22. The quantitative estimate of drug-likeness (QED) is 0.633. The minimum absolute atomic E-state index is 0.205. The van der Waals surface area contributed by atoms with E-state index in [1.165, 1.54) is 32.7 Å². The molecule has 1 aromatic heterocycles. The van der Waals surface area contributed by atoms with E-state index in [0.29, 0.717) is 31.2 Å². The predicted molar refractivity (Wildman–Crippen MR) is 118 cm³/mol. The Balaban J connectivity index is 1.72. The summed E-state index contributed by atoms with van der Waals surface area (Å²) in [6.45, 7) is 5.36. The molecular formula is C24H27NO4S. The molecule has 1 fully saturated rings. The fraction of sp³-hybridized carbons (Fsp3) is 0.417. The number of rotatable bonds is 3. The first-order chi connectivity index (χ1) is 14.6. The van der Waals surface area contributed by atoms with Gasteiger partial charge in [0.1, 0.15) is 0 Å². The zero-order valence-electron chi connectivity index (χ0n) is 17.5. The van der Waals surface area contributed by atoms with E-state index in [-0.39, 0.29) is 12.1 Å². The summed E-state index contributed by atoms with van der Waals surface area (Å²) in [5, 5.41) is 0.674. The number of nitrogens with zero attached hydrogens (tertiary/aromatic N) is 1. The maximum Gasteiger partial charge on any atom is 0.409 e. The van der Waals surface area contributed by atoms with Crippen LogP contribution in [0.5, 0.6) is 5.06 Å². The lowest BCUT2D eigenvalue weighted by molar-refractivity contribution is -0.133. The number of hydrogen-bond donors (Lipinski definition) is 0. The third-order valence-electron chi connectivity index (χ3n) is 5.71. The number of aryl methyl sites for hydroxylation is 2. The van der Waals surface area contributed by atoms with Crippen LogP contribution in [-0.2, 0) is 22.4 Å². The standard InChI is InChI=1S/C24H27NO4S/c1-3-21(26)29-22-15-19-20(30-22)10-9-16-7-5-6-8-18(16)23(19)17-11-13-25(14-12-17)24(27)28-4-2/h5-8,15H,3-4,9-14H2,1-2H3. The Hall–Kier alpha value is -2.60. The van der Waals surface area contributed by atoms with Gasteiger partial charge >= 0.3 is 12.1 Å². The number of fused-ring (bicyclic) bond motifs is 2. The lowest BCUT2D eigenvalue weighted by Crippen LogP contribution is -2.37. The highest BCUT2D eigenvalue weighted by Crippen LogP contribution is 2.43. The normalized spacial score (nSPS) is 15.9. The first-order valence-electron chi connectivity index (χ1n) is 10.7. The molecule has 0 saturated carbocycles. The number of amides is 1. The van der Waals surface area contributed by atoms with Crippen LogP contribution in [0.15, 0.2) is 35.9 Å². The van der Waals surface area contributed by atoms with E-state index in [4.69, 9.17) is 9.47 Å². The number of carbonyl (C=O) groups excluding carboxylic acids is 2. The van der Waals surface area contributed by atoms with Gasteiger partial charge in [0.2, 0.25) is 0 Å². The average molecular weight is 426 g/mol. The topological polar surface area (TPSA) is 55.8 Å². The molecule has 1 aliphatic carbocycles. The number of piperidine rings is 1. The number of hydrogen-bond acceptors (Lipinski definition) is 5. The summed E-state index contributed by atoms with van der Waals surface area (Å²) in [5.41, 5.74) is 6.42. The second-order valence-electron chi connectivity index (χ2n) is 7.55. The molecule has 6 heteroatoms. The van der Waals surface area contributed by atoms with E-state index in [9.17, 15) is 9.59 Å². The number of esters is 1. The van der Waals surface area contributed by atoms with Crippen LogP contribution in [0.2, 0.25) is 0 Å². The molecule has 1 aromatic carbocycles. The lowest BCUT2D eigenvalue weighted by Gasteiger charge is -2.29. The van der Waals surface area contributed by atoms with Crippen LogP contribution >= 0.6 is 11.3 Å². The van der Waals surface area contributed by atoms with Crippen LogP contribution in [0.25, 0.3) is 5.57 Å². The van der Waals surface area contributed by atoms with Crippen molar-refractivity contribution in [2.75, 3.05) is 19.7 Å². The van der Waals surface area contributed by atoms with Crippen molar-refractivity contribution in [3.63, 3.8) is 0 Å². The molecule has 0 unspecified atom stereocenters. The molecule has 1 saturated heterocycles. The zero-order valence-corrected chi connectivity index (χ0v) is 18.3. The van der Waals surface area contributed by atoms with Gasteiger partial charge in [-0.25, -0.2) is 4.79 Å². The van der Waals surface area contributed by atoms with E-state index >= 15 is 0 Å². The Morgan fingerprint density at radius 2 is 1.80 bits per heavy atom. The van der Waals surface area contributed by atoms with Crippen LogP contribution in [0, 0.1) is 0 Å². The number of ether oxygens (including phenoxy) is 2. The van der Waals surface area contributed by atoms with Gasteiger partial charge in [-0.2, -0.15) is 0 Å². The Morgan fingerprint density at radius 3 is 2.53 bits per heavy atom. The summed E-state index contributed by atoms with van der Waals surface area (Å²) in [4.78, 5) is 27.0. The van der Waals surface area contributed by atoms with Gasteiger partial charge < -0.3 is 14.4 Å². The molecule has 4 rings (SSSR count). The van der Waals surface area contributed by atoms with Crippen LogP contribution in [0.3, 0.4) is 0 Å². The summed E-state index contributed by atoms with van der Waals surface area (Å²) in [6, 6.07) is 10.6. The SMILES string of the molecule is CCOC(=O)N1CCC(=C2c3ccccc3CCc3sc(OC(=O)CC)cc32)CC1. The molecule has 158 valence electrons. The largest absolute Gasteiger partial charge is 0.450 e. The summed E-state index contributed by atoms with van der Waals surface area (Å²) < 4.78 is 10.7. The highest BCUT2D eigenvalue weighted by Gasteiger charge is 2.27. The second-order valence-corrected chi connectivity index (χ2v) is 8.65.